The van der Waals surface area contributed by atoms with Crippen LogP contribution in [0.15, 0.2) is 6.33 Å². The molecule has 3 heterocycles. The van der Waals surface area contributed by atoms with Crippen molar-refractivity contribution in [3.63, 3.8) is 0 Å². The fraction of sp³-hybridized carbons (Fsp3) is 0.722. The summed E-state index contributed by atoms with van der Waals surface area (Å²) in [5.41, 5.74) is 12.2. The van der Waals surface area contributed by atoms with Gasteiger partial charge in [-0.15, -0.1) is 0 Å². The number of nitrogen functional groups attached to an aromatic ring is 2. The lowest BCUT2D eigenvalue weighted by molar-refractivity contribution is -0.0647. The lowest BCUT2D eigenvalue weighted by atomic mass is 10.1. The molecule has 0 saturated carbocycles. The molecule has 3 rings (SSSR count). The van der Waals surface area contributed by atoms with Crippen LogP contribution in [-0.2, 0) is 13.9 Å². The van der Waals surface area contributed by atoms with Crippen molar-refractivity contribution in [2.45, 2.75) is 63.4 Å². The van der Waals surface area contributed by atoms with E-state index in [-0.39, 0.29) is 30.0 Å². The number of fused-ring (bicyclic) bond motifs is 1. The molecule has 0 aliphatic carbocycles. The first-order chi connectivity index (χ1) is 14.0. The van der Waals surface area contributed by atoms with Gasteiger partial charge in [-0.3, -0.25) is 4.57 Å². The molecule has 0 aromatic carbocycles. The highest BCUT2D eigenvalue weighted by Crippen LogP contribution is 2.37. The summed E-state index contributed by atoms with van der Waals surface area (Å²) in [6, 6.07) is 0. The first-order valence-corrected chi connectivity index (χ1v) is 12.8. The third-order valence-corrected chi connectivity index (χ3v) is 10.4. The van der Waals surface area contributed by atoms with Gasteiger partial charge in [-0.2, -0.15) is 9.97 Å². The molecule has 1 aliphatic heterocycles. The number of imidazole rings is 1. The van der Waals surface area contributed by atoms with Crippen LogP contribution in [0.4, 0.5) is 11.8 Å². The molecular formula is C18H32N6O5Si. The van der Waals surface area contributed by atoms with E-state index in [0.717, 1.165) is 0 Å². The number of aliphatic hydroxyl groups is 2. The van der Waals surface area contributed by atoms with Crippen LogP contribution in [0, 0.1) is 0 Å². The van der Waals surface area contributed by atoms with Crippen LogP contribution in [-0.4, -0.2) is 76.2 Å². The lowest BCUT2D eigenvalue weighted by Gasteiger charge is -2.36. The lowest BCUT2D eigenvalue weighted by Crippen LogP contribution is -2.42. The molecule has 12 heteroatoms. The number of ether oxygens (including phenoxy) is 2. The Hall–Kier alpha value is -1.83. The van der Waals surface area contributed by atoms with E-state index in [2.05, 4.69) is 48.8 Å². The SMILES string of the molecule is CC(C)(C)[Si](C)(C)OCCO[C@H]1[C@@H](O)[C@H](n2cnc3c(N)nc(N)nc32)O[C@@H]1CO. The topological polar surface area (TPSA) is 164 Å². The molecule has 4 atom stereocenters. The number of rotatable bonds is 7. The van der Waals surface area contributed by atoms with E-state index in [9.17, 15) is 10.2 Å². The summed E-state index contributed by atoms with van der Waals surface area (Å²) in [7, 11) is -1.90. The second kappa shape index (κ2) is 8.36. The maximum absolute atomic E-state index is 10.9. The summed E-state index contributed by atoms with van der Waals surface area (Å²) in [5.74, 6) is 0.126. The number of anilines is 2. The third-order valence-electron chi connectivity index (χ3n) is 5.89. The van der Waals surface area contributed by atoms with E-state index in [0.29, 0.717) is 17.8 Å². The Kier molecular flexibility index (Phi) is 6.37. The van der Waals surface area contributed by atoms with E-state index >= 15 is 0 Å². The van der Waals surface area contributed by atoms with E-state index in [1.165, 1.54) is 10.9 Å². The van der Waals surface area contributed by atoms with E-state index in [1.54, 1.807) is 0 Å². The Morgan fingerprint density at radius 3 is 2.57 bits per heavy atom. The predicted molar refractivity (Wildman–Crippen MR) is 114 cm³/mol. The standard InChI is InChI=1S/C18H32N6O5Si/c1-18(2,3)30(4,5)28-7-6-27-13-10(8-25)29-16(12(13)26)24-9-21-11-14(19)22-17(20)23-15(11)24/h9-10,12-13,16,25-26H,6-8H2,1-5H3,(H4,19,20,22,23)/t10-,12-,13-,16-/m1/s1. The summed E-state index contributed by atoms with van der Waals surface area (Å²) in [6.07, 6.45) is -1.94. The summed E-state index contributed by atoms with van der Waals surface area (Å²) >= 11 is 0. The maximum Gasteiger partial charge on any atom is 0.224 e. The molecule has 1 aliphatic rings. The number of aliphatic hydroxyl groups excluding tert-OH is 2. The minimum Gasteiger partial charge on any atom is -0.414 e. The smallest absolute Gasteiger partial charge is 0.224 e. The normalized spacial score (nSPS) is 25.3. The molecule has 1 fully saturated rings. The monoisotopic (exact) mass is 440 g/mol. The van der Waals surface area contributed by atoms with E-state index in [4.69, 9.17) is 25.4 Å². The fourth-order valence-corrected chi connectivity index (χ4v) is 4.17. The second-order valence-corrected chi connectivity index (χ2v) is 13.8. The largest absolute Gasteiger partial charge is 0.414 e. The summed E-state index contributed by atoms with van der Waals surface area (Å²) < 4.78 is 19.3. The van der Waals surface area contributed by atoms with Gasteiger partial charge >= 0.3 is 0 Å². The highest BCUT2D eigenvalue weighted by molar-refractivity contribution is 6.74. The molecule has 6 N–H and O–H groups in total. The van der Waals surface area contributed by atoms with Crippen LogP contribution in [0.5, 0.6) is 0 Å². The predicted octanol–water partition coefficient (Wildman–Crippen LogP) is 0.648. The summed E-state index contributed by atoms with van der Waals surface area (Å²) in [5, 5.41) is 20.7. The number of nitrogens with two attached hydrogens (primary N) is 2. The van der Waals surface area contributed by atoms with Gasteiger partial charge in [0.05, 0.1) is 26.1 Å². The maximum atomic E-state index is 10.9. The van der Waals surface area contributed by atoms with E-state index in [1.807, 2.05) is 0 Å². The average Bonchev–Trinajstić information content (AvgIpc) is 3.19. The van der Waals surface area contributed by atoms with Crippen molar-refractivity contribution >= 4 is 31.2 Å². The first kappa shape index (κ1) is 22.8. The van der Waals surface area contributed by atoms with Crippen molar-refractivity contribution in [1.82, 2.24) is 19.5 Å². The fourth-order valence-electron chi connectivity index (χ4n) is 3.14. The van der Waals surface area contributed by atoms with Gasteiger partial charge < -0.3 is 35.6 Å². The van der Waals surface area contributed by atoms with Gasteiger partial charge in [0, 0.05) is 0 Å². The van der Waals surface area contributed by atoms with Gasteiger partial charge in [-0.05, 0) is 18.1 Å². The van der Waals surface area contributed by atoms with Gasteiger partial charge in [0.2, 0.25) is 5.95 Å². The summed E-state index contributed by atoms with van der Waals surface area (Å²) in [4.78, 5) is 12.2. The Morgan fingerprint density at radius 1 is 1.23 bits per heavy atom. The highest BCUT2D eigenvalue weighted by Gasteiger charge is 2.46. The van der Waals surface area contributed by atoms with Crippen LogP contribution in [0.3, 0.4) is 0 Å². The number of hydrogen-bond donors (Lipinski definition) is 4. The zero-order valence-corrected chi connectivity index (χ0v) is 19.1. The van der Waals surface area contributed by atoms with Gasteiger partial charge in [0.1, 0.15) is 23.8 Å². The van der Waals surface area contributed by atoms with Crippen molar-refractivity contribution in [1.29, 1.82) is 0 Å². The Balaban J connectivity index is 1.70. The zero-order chi connectivity index (χ0) is 22.3. The van der Waals surface area contributed by atoms with Gasteiger partial charge in [-0.25, -0.2) is 4.98 Å². The second-order valence-electron chi connectivity index (χ2n) is 8.97. The molecule has 11 nitrogen and oxygen atoms in total. The van der Waals surface area contributed by atoms with Crippen molar-refractivity contribution in [3.8, 4) is 0 Å². The van der Waals surface area contributed by atoms with Gasteiger partial charge in [-0.1, -0.05) is 20.8 Å². The minimum atomic E-state index is -1.90. The zero-order valence-electron chi connectivity index (χ0n) is 18.1. The molecule has 0 radical (unpaired) electrons. The van der Waals surface area contributed by atoms with Crippen molar-refractivity contribution in [2.24, 2.45) is 0 Å². The number of hydrogen-bond acceptors (Lipinski definition) is 10. The van der Waals surface area contributed by atoms with Gasteiger partial charge in [0.15, 0.2) is 26.0 Å². The summed E-state index contributed by atoms with van der Waals surface area (Å²) in [6.45, 7) is 11.2. The molecule has 2 aromatic heterocycles. The Bertz CT molecular complexity index is 886. The third kappa shape index (κ3) is 4.29. The van der Waals surface area contributed by atoms with Crippen LogP contribution < -0.4 is 11.5 Å². The van der Waals surface area contributed by atoms with Crippen LogP contribution in [0.2, 0.25) is 18.1 Å². The molecular weight excluding hydrogens is 408 g/mol. The van der Waals surface area contributed by atoms with Crippen molar-refractivity contribution in [2.75, 3.05) is 31.3 Å². The minimum absolute atomic E-state index is 0.0106. The number of aromatic nitrogens is 4. The molecule has 2 aromatic rings. The van der Waals surface area contributed by atoms with Crippen LogP contribution in [0.1, 0.15) is 27.0 Å². The molecule has 0 unspecified atom stereocenters. The first-order valence-electron chi connectivity index (χ1n) is 9.91. The molecule has 30 heavy (non-hydrogen) atoms. The van der Waals surface area contributed by atoms with Gasteiger partial charge in [0.25, 0.3) is 0 Å². The molecule has 0 spiro atoms. The van der Waals surface area contributed by atoms with Crippen LogP contribution in [0.25, 0.3) is 11.2 Å². The van der Waals surface area contributed by atoms with Crippen LogP contribution >= 0.6 is 0 Å². The molecule has 0 bridgehead atoms. The Labute approximate surface area is 176 Å². The molecule has 1 saturated heterocycles. The highest BCUT2D eigenvalue weighted by atomic mass is 28.4. The Morgan fingerprint density at radius 2 is 1.93 bits per heavy atom. The average molecular weight is 441 g/mol. The number of nitrogens with zero attached hydrogens (tertiary/aromatic N) is 4. The molecule has 0 amide bonds. The van der Waals surface area contributed by atoms with E-state index < -0.39 is 32.9 Å². The quantitative estimate of drug-likeness (QED) is 0.355. The molecule has 168 valence electrons. The van der Waals surface area contributed by atoms with Crippen molar-refractivity contribution in [3.05, 3.63) is 6.33 Å². The van der Waals surface area contributed by atoms with Crippen molar-refractivity contribution < 1.29 is 24.1 Å².